The fourth-order valence-electron chi connectivity index (χ4n) is 1.20. The number of anilines is 1. The van der Waals surface area contributed by atoms with Crippen LogP contribution in [0.5, 0.6) is 0 Å². The molecule has 0 amide bonds. The molecule has 0 unspecified atom stereocenters. The van der Waals surface area contributed by atoms with E-state index in [2.05, 4.69) is 10.0 Å². The summed E-state index contributed by atoms with van der Waals surface area (Å²) in [6.07, 6.45) is 0. The minimum atomic E-state index is -1.06. The Morgan fingerprint density at radius 1 is 1.44 bits per heavy atom. The Labute approximate surface area is 113 Å². The van der Waals surface area contributed by atoms with Crippen molar-refractivity contribution in [3.05, 3.63) is 44.1 Å². The standard InChI is InChI=1S/C8H4ClF2N3O2S2/c9-7-8(17-18-13-7)12-6-4(11)1-3(10)2-5(6)14(15)16/h1-2,12-13H. The second-order valence-corrected chi connectivity index (χ2v) is 5.40. The van der Waals surface area contributed by atoms with Gasteiger partial charge in [0.1, 0.15) is 16.0 Å². The van der Waals surface area contributed by atoms with Crippen LogP contribution in [0.3, 0.4) is 0 Å². The molecule has 1 aromatic rings. The van der Waals surface area contributed by atoms with Crippen molar-refractivity contribution >= 4 is 44.7 Å². The smallest absolute Gasteiger partial charge is 0.298 e. The highest BCUT2D eigenvalue weighted by molar-refractivity contribution is 8.78. The van der Waals surface area contributed by atoms with Crippen LogP contribution in [0.25, 0.3) is 0 Å². The van der Waals surface area contributed by atoms with Gasteiger partial charge < -0.3 is 10.0 Å². The summed E-state index contributed by atoms with van der Waals surface area (Å²) in [5.41, 5.74) is -1.12. The van der Waals surface area contributed by atoms with E-state index >= 15 is 0 Å². The van der Waals surface area contributed by atoms with E-state index in [0.29, 0.717) is 17.2 Å². The van der Waals surface area contributed by atoms with Crippen LogP contribution in [0.15, 0.2) is 22.3 Å². The predicted molar refractivity (Wildman–Crippen MR) is 67.8 cm³/mol. The lowest BCUT2D eigenvalue weighted by atomic mass is 10.2. The molecular formula is C8H4ClF2N3O2S2. The number of nitro benzene ring substituents is 1. The van der Waals surface area contributed by atoms with Gasteiger partial charge in [-0.05, 0) is 10.8 Å². The highest BCUT2D eigenvalue weighted by Crippen LogP contribution is 2.41. The molecule has 0 fully saturated rings. The highest BCUT2D eigenvalue weighted by atomic mass is 35.5. The molecule has 1 aliphatic heterocycles. The molecule has 10 heteroatoms. The van der Waals surface area contributed by atoms with Gasteiger partial charge in [-0.1, -0.05) is 11.6 Å². The minimum absolute atomic E-state index is 0.197. The summed E-state index contributed by atoms with van der Waals surface area (Å²) < 4.78 is 29.1. The second kappa shape index (κ2) is 5.21. The molecule has 1 aromatic carbocycles. The van der Waals surface area contributed by atoms with Gasteiger partial charge in [0, 0.05) is 17.0 Å². The zero-order valence-electron chi connectivity index (χ0n) is 8.37. The van der Waals surface area contributed by atoms with Gasteiger partial charge in [0.25, 0.3) is 5.69 Å². The maximum absolute atomic E-state index is 13.5. The molecule has 0 saturated carbocycles. The van der Waals surface area contributed by atoms with Crippen molar-refractivity contribution in [2.45, 2.75) is 0 Å². The van der Waals surface area contributed by atoms with Crippen molar-refractivity contribution in [3.63, 3.8) is 0 Å². The van der Waals surface area contributed by atoms with Crippen LogP contribution in [-0.4, -0.2) is 4.92 Å². The maximum Gasteiger partial charge on any atom is 0.298 e. The van der Waals surface area contributed by atoms with Gasteiger partial charge in [-0.25, -0.2) is 8.78 Å². The molecule has 5 nitrogen and oxygen atoms in total. The fourth-order valence-corrected chi connectivity index (χ4v) is 3.38. The summed E-state index contributed by atoms with van der Waals surface area (Å²) >= 11 is 5.74. The van der Waals surface area contributed by atoms with Gasteiger partial charge in [-0.3, -0.25) is 10.1 Å². The van der Waals surface area contributed by atoms with Crippen LogP contribution in [0.1, 0.15) is 0 Å². The van der Waals surface area contributed by atoms with Crippen molar-refractivity contribution in [2.75, 3.05) is 5.32 Å². The van der Waals surface area contributed by atoms with E-state index in [4.69, 9.17) is 11.6 Å². The van der Waals surface area contributed by atoms with Crippen LogP contribution < -0.4 is 10.0 Å². The first kappa shape index (κ1) is 13.2. The number of nitrogens with one attached hydrogen (secondary N) is 2. The molecule has 0 saturated heterocycles. The van der Waals surface area contributed by atoms with E-state index in [9.17, 15) is 18.9 Å². The van der Waals surface area contributed by atoms with Crippen LogP contribution in [0.4, 0.5) is 20.2 Å². The summed E-state index contributed by atoms with van der Waals surface area (Å²) in [4.78, 5) is 9.87. The van der Waals surface area contributed by atoms with Gasteiger partial charge >= 0.3 is 0 Å². The van der Waals surface area contributed by atoms with Gasteiger partial charge in [0.2, 0.25) is 0 Å². The molecule has 0 aromatic heterocycles. The topological polar surface area (TPSA) is 67.2 Å². The SMILES string of the molecule is O=[N+]([O-])c1cc(F)cc(F)c1NC1=C(Cl)NSS1. The van der Waals surface area contributed by atoms with E-state index < -0.39 is 27.9 Å². The van der Waals surface area contributed by atoms with Crippen molar-refractivity contribution < 1.29 is 13.7 Å². The number of nitro groups is 1. The number of hydrogen-bond donors (Lipinski definition) is 2. The summed E-state index contributed by atoms with van der Waals surface area (Å²) in [5.74, 6) is -2.08. The maximum atomic E-state index is 13.5. The van der Waals surface area contributed by atoms with E-state index in [1.807, 2.05) is 0 Å². The monoisotopic (exact) mass is 311 g/mol. The Kier molecular flexibility index (Phi) is 3.83. The zero-order valence-corrected chi connectivity index (χ0v) is 10.8. The molecule has 0 radical (unpaired) electrons. The zero-order chi connectivity index (χ0) is 13.3. The lowest BCUT2D eigenvalue weighted by Gasteiger charge is -2.07. The molecule has 0 spiro atoms. The van der Waals surface area contributed by atoms with E-state index in [1.54, 1.807) is 0 Å². The molecular weight excluding hydrogens is 308 g/mol. The average Bonchev–Trinajstić information content (AvgIpc) is 2.67. The molecule has 0 atom stereocenters. The van der Waals surface area contributed by atoms with E-state index in [1.165, 1.54) is 0 Å². The number of hydrogen-bond acceptors (Lipinski definition) is 6. The Hall–Kier alpha value is -1.19. The first-order valence-corrected chi connectivity index (χ1v) is 6.91. The lowest BCUT2D eigenvalue weighted by Crippen LogP contribution is -2.04. The number of halogens is 3. The lowest BCUT2D eigenvalue weighted by molar-refractivity contribution is -0.384. The normalized spacial score (nSPS) is 14.6. The van der Waals surface area contributed by atoms with E-state index in [-0.39, 0.29) is 5.16 Å². The van der Waals surface area contributed by atoms with Crippen molar-refractivity contribution in [1.82, 2.24) is 4.72 Å². The first-order chi connectivity index (χ1) is 8.49. The predicted octanol–water partition coefficient (Wildman–Crippen LogP) is 3.55. The van der Waals surface area contributed by atoms with Crippen LogP contribution in [0.2, 0.25) is 0 Å². The third-order valence-corrected chi connectivity index (χ3v) is 4.28. The van der Waals surface area contributed by atoms with Crippen molar-refractivity contribution in [3.8, 4) is 0 Å². The Balaban J connectivity index is 2.43. The molecule has 1 aliphatic rings. The highest BCUT2D eigenvalue weighted by Gasteiger charge is 2.24. The van der Waals surface area contributed by atoms with Crippen molar-refractivity contribution in [2.24, 2.45) is 0 Å². The molecule has 0 bridgehead atoms. The summed E-state index contributed by atoms with van der Waals surface area (Å²) in [6, 6.07) is 1.20. The van der Waals surface area contributed by atoms with Gasteiger partial charge in [-0.15, -0.1) is 0 Å². The molecule has 2 N–H and O–H groups in total. The third-order valence-electron chi connectivity index (χ3n) is 1.93. The van der Waals surface area contributed by atoms with Crippen LogP contribution in [0, 0.1) is 21.7 Å². The second-order valence-electron chi connectivity index (χ2n) is 3.08. The minimum Gasteiger partial charge on any atom is -0.339 e. The molecule has 18 heavy (non-hydrogen) atoms. The first-order valence-electron chi connectivity index (χ1n) is 4.39. The average molecular weight is 312 g/mol. The quantitative estimate of drug-likeness (QED) is 0.292. The largest absolute Gasteiger partial charge is 0.339 e. The molecule has 2 rings (SSSR count). The number of rotatable bonds is 3. The van der Waals surface area contributed by atoms with E-state index in [0.717, 1.165) is 21.8 Å². The fraction of sp³-hybridized carbons (Fsp3) is 0. The Bertz CT molecular complexity index is 555. The van der Waals surface area contributed by atoms with Crippen LogP contribution in [-0.2, 0) is 0 Å². The molecule has 96 valence electrons. The van der Waals surface area contributed by atoms with Crippen LogP contribution >= 0.6 is 33.4 Å². The van der Waals surface area contributed by atoms with Gasteiger partial charge in [0.15, 0.2) is 11.5 Å². The third kappa shape index (κ3) is 2.62. The number of nitrogens with zero attached hydrogens (tertiary/aromatic N) is 1. The van der Waals surface area contributed by atoms with Crippen molar-refractivity contribution in [1.29, 1.82) is 0 Å². The Morgan fingerprint density at radius 3 is 2.72 bits per heavy atom. The summed E-state index contributed by atoms with van der Waals surface area (Å²) in [7, 11) is 2.30. The Morgan fingerprint density at radius 2 is 2.17 bits per heavy atom. The molecule has 0 aliphatic carbocycles. The number of benzene rings is 1. The summed E-state index contributed by atoms with van der Waals surface area (Å²) in [6.45, 7) is 0. The summed E-state index contributed by atoms with van der Waals surface area (Å²) in [5, 5.41) is 13.7. The van der Waals surface area contributed by atoms with Gasteiger partial charge in [-0.2, -0.15) is 0 Å². The van der Waals surface area contributed by atoms with Gasteiger partial charge in [0.05, 0.1) is 11.0 Å². The molecule has 1 heterocycles.